The molecule has 0 radical (unpaired) electrons. The highest BCUT2D eigenvalue weighted by Gasteiger charge is 2.09. The van der Waals surface area contributed by atoms with Crippen LogP contribution < -0.4 is 14.2 Å². The molecule has 0 spiro atoms. The first-order valence-electron chi connectivity index (χ1n) is 4.25. The van der Waals surface area contributed by atoms with E-state index in [4.69, 9.17) is 19.5 Å². The molecule has 0 aliphatic heterocycles. The van der Waals surface area contributed by atoms with E-state index in [0.29, 0.717) is 17.2 Å². The maximum Gasteiger partial charge on any atom is 0.210 e. The Hall–Kier alpha value is -2.15. The Balaban J connectivity index is 3.00. The Bertz CT molecular complexity index is 371. The number of hydrogen-bond donors (Lipinski definition) is 0. The summed E-state index contributed by atoms with van der Waals surface area (Å²) in [5, 5.41) is 8.32. The predicted octanol–water partition coefficient (Wildman–Crippen LogP) is 2.12. The number of para-hydroxylation sites is 1. The van der Waals surface area contributed by atoms with E-state index in [2.05, 4.69) is 0 Å². The molecule has 4 nitrogen and oxygen atoms in total. The molecule has 0 N–H and O–H groups in total. The van der Waals surface area contributed by atoms with E-state index in [1.807, 2.05) is 6.07 Å². The molecule has 0 fully saturated rings. The van der Waals surface area contributed by atoms with Crippen LogP contribution in [0.15, 0.2) is 30.5 Å². The lowest BCUT2D eigenvalue weighted by Crippen LogP contribution is -1.93. The number of rotatable bonds is 4. The van der Waals surface area contributed by atoms with Crippen molar-refractivity contribution in [1.29, 1.82) is 5.26 Å². The van der Waals surface area contributed by atoms with Gasteiger partial charge in [-0.05, 0) is 12.1 Å². The fourth-order valence-corrected chi connectivity index (χ4v) is 1.07. The second-order valence-electron chi connectivity index (χ2n) is 2.54. The molecule has 0 saturated carbocycles. The Morgan fingerprint density at radius 1 is 1.20 bits per heavy atom. The number of allylic oxidation sites excluding steroid dienone is 1. The summed E-state index contributed by atoms with van der Waals surface area (Å²) in [7, 11) is 3.07. The summed E-state index contributed by atoms with van der Waals surface area (Å²) in [5.41, 5.74) is 0. The molecular weight excluding hydrogens is 194 g/mol. The van der Waals surface area contributed by atoms with Crippen LogP contribution in [0.5, 0.6) is 17.2 Å². The van der Waals surface area contributed by atoms with Gasteiger partial charge in [-0.15, -0.1) is 0 Å². The minimum atomic E-state index is 0.453. The maximum atomic E-state index is 8.32. The predicted molar refractivity (Wildman–Crippen MR) is 54.9 cm³/mol. The third-order valence-corrected chi connectivity index (χ3v) is 1.71. The summed E-state index contributed by atoms with van der Waals surface area (Å²) < 4.78 is 15.4. The number of ether oxygens (including phenoxy) is 3. The van der Waals surface area contributed by atoms with Crippen molar-refractivity contribution in [2.75, 3.05) is 14.2 Å². The van der Waals surface area contributed by atoms with Gasteiger partial charge in [0.25, 0.3) is 0 Å². The molecule has 0 atom stereocenters. The smallest absolute Gasteiger partial charge is 0.210 e. The highest BCUT2D eigenvalue weighted by Crippen LogP contribution is 2.36. The van der Waals surface area contributed by atoms with Gasteiger partial charge in [-0.1, -0.05) is 6.07 Å². The van der Waals surface area contributed by atoms with Crippen molar-refractivity contribution in [2.45, 2.75) is 0 Å². The average molecular weight is 205 g/mol. The van der Waals surface area contributed by atoms with Crippen molar-refractivity contribution in [3.63, 3.8) is 0 Å². The van der Waals surface area contributed by atoms with E-state index in [1.165, 1.54) is 26.6 Å². The van der Waals surface area contributed by atoms with Crippen molar-refractivity contribution >= 4 is 0 Å². The maximum absolute atomic E-state index is 8.32. The summed E-state index contributed by atoms with van der Waals surface area (Å²) in [4.78, 5) is 0. The topological polar surface area (TPSA) is 51.5 Å². The molecule has 1 rings (SSSR count). The molecule has 1 aromatic rings. The van der Waals surface area contributed by atoms with E-state index in [1.54, 1.807) is 18.2 Å². The third kappa shape index (κ3) is 2.64. The van der Waals surface area contributed by atoms with E-state index < -0.39 is 0 Å². The number of nitrogens with zero attached hydrogens (tertiary/aromatic N) is 1. The lowest BCUT2D eigenvalue weighted by atomic mass is 10.3. The molecule has 4 heteroatoms. The molecule has 1 aromatic carbocycles. The minimum Gasteiger partial charge on any atom is -0.493 e. The molecule has 0 saturated heterocycles. The average Bonchev–Trinajstić information content (AvgIpc) is 2.29. The van der Waals surface area contributed by atoms with E-state index in [9.17, 15) is 0 Å². The quantitative estimate of drug-likeness (QED) is 0.558. The van der Waals surface area contributed by atoms with Gasteiger partial charge in [-0.25, -0.2) is 0 Å². The second-order valence-corrected chi connectivity index (χ2v) is 2.54. The van der Waals surface area contributed by atoms with Crippen LogP contribution in [0, 0.1) is 11.3 Å². The Labute approximate surface area is 88.3 Å². The number of methoxy groups -OCH3 is 2. The first-order chi connectivity index (χ1) is 7.33. The van der Waals surface area contributed by atoms with Crippen molar-refractivity contribution in [2.24, 2.45) is 0 Å². The summed E-state index contributed by atoms with van der Waals surface area (Å²) in [6.07, 6.45) is 2.51. The number of nitriles is 1. The van der Waals surface area contributed by atoms with Crippen LogP contribution in [0.25, 0.3) is 0 Å². The molecular formula is C11H11NO3. The highest BCUT2D eigenvalue weighted by molar-refractivity contribution is 5.51. The van der Waals surface area contributed by atoms with Crippen molar-refractivity contribution < 1.29 is 14.2 Å². The van der Waals surface area contributed by atoms with Gasteiger partial charge < -0.3 is 14.2 Å². The first-order valence-corrected chi connectivity index (χ1v) is 4.25. The summed E-state index contributed by atoms with van der Waals surface area (Å²) in [6.45, 7) is 0. The van der Waals surface area contributed by atoms with E-state index in [0.717, 1.165) is 0 Å². The normalized spacial score (nSPS) is 9.67. The first kappa shape index (κ1) is 10.9. The molecule has 0 heterocycles. The largest absolute Gasteiger partial charge is 0.493 e. The molecule has 15 heavy (non-hydrogen) atoms. The van der Waals surface area contributed by atoms with Crippen LogP contribution in [0.4, 0.5) is 0 Å². The third-order valence-electron chi connectivity index (χ3n) is 1.71. The van der Waals surface area contributed by atoms with E-state index in [-0.39, 0.29) is 0 Å². The van der Waals surface area contributed by atoms with Crippen molar-refractivity contribution in [1.82, 2.24) is 0 Å². The van der Waals surface area contributed by atoms with Gasteiger partial charge in [0.05, 0.1) is 26.4 Å². The van der Waals surface area contributed by atoms with Gasteiger partial charge in [0.15, 0.2) is 11.5 Å². The highest BCUT2D eigenvalue weighted by atomic mass is 16.5. The molecule has 0 aromatic heterocycles. The van der Waals surface area contributed by atoms with Crippen LogP contribution in [-0.2, 0) is 0 Å². The lowest BCUT2D eigenvalue weighted by molar-refractivity contribution is 0.345. The summed E-state index contributed by atoms with van der Waals surface area (Å²) in [5.74, 6) is 1.56. The van der Waals surface area contributed by atoms with Crippen molar-refractivity contribution in [3.8, 4) is 23.3 Å². The second kappa shape index (κ2) is 5.55. The summed E-state index contributed by atoms with van der Waals surface area (Å²) in [6, 6.07) is 7.11. The minimum absolute atomic E-state index is 0.453. The zero-order valence-electron chi connectivity index (χ0n) is 8.56. The molecule has 0 unspecified atom stereocenters. The standard InChI is InChI=1S/C11H11NO3/c1-13-9-5-3-6-10(14-2)11(9)15-8-4-7-12/h3-6,8H,1-2H3/b8-4+. The fourth-order valence-electron chi connectivity index (χ4n) is 1.07. The van der Waals surface area contributed by atoms with Gasteiger partial charge in [0.1, 0.15) is 6.26 Å². The molecule has 0 aliphatic carbocycles. The Kier molecular flexibility index (Phi) is 4.05. The zero-order chi connectivity index (χ0) is 11.1. The number of hydrogen-bond acceptors (Lipinski definition) is 4. The molecule has 0 amide bonds. The van der Waals surface area contributed by atoms with Gasteiger partial charge in [-0.3, -0.25) is 0 Å². The van der Waals surface area contributed by atoms with Crippen LogP contribution in [0.1, 0.15) is 0 Å². The van der Waals surface area contributed by atoms with Gasteiger partial charge >= 0.3 is 0 Å². The van der Waals surface area contributed by atoms with Gasteiger partial charge in [0.2, 0.25) is 5.75 Å². The van der Waals surface area contributed by atoms with Crippen LogP contribution >= 0.6 is 0 Å². The van der Waals surface area contributed by atoms with Gasteiger partial charge in [0, 0.05) is 0 Å². The molecule has 0 aliphatic rings. The molecule has 0 bridgehead atoms. The van der Waals surface area contributed by atoms with Crippen LogP contribution in [0.2, 0.25) is 0 Å². The van der Waals surface area contributed by atoms with E-state index >= 15 is 0 Å². The Morgan fingerprint density at radius 2 is 1.80 bits per heavy atom. The van der Waals surface area contributed by atoms with Crippen molar-refractivity contribution in [3.05, 3.63) is 30.5 Å². The van der Waals surface area contributed by atoms with Crippen LogP contribution in [-0.4, -0.2) is 14.2 Å². The number of benzene rings is 1. The SMILES string of the molecule is COc1cccc(OC)c1O/C=C/C#N. The zero-order valence-corrected chi connectivity index (χ0v) is 8.56. The van der Waals surface area contributed by atoms with Crippen LogP contribution in [0.3, 0.4) is 0 Å². The monoisotopic (exact) mass is 205 g/mol. The molecule has 78 valence electrons. The lowest BCUT2D eigenvalue weighted by Gasteiger charge is -2.10. The Morgan fingerprint density at radius 3 is 2.27 bits per heavy atom. The van der Waals surface area contributed by atoms with Gasteiger partial charge in [-0.2, -0.15) is 5.26 Å². The summed E-state index contributed by atoms with van der Waals surface area (Å²) >= 11 is 0. The fraction of sp³-hybridized carbons (Fsp3) is 0.182.